The van der Waals surface area contributed by atoms with Crippen molar-refractivity contribution in [3.8, 4) is 5.75 Å². The molecule has 20 heavy (non-hydrogen) atoms. The van der Waals surface area contributed by atoms with E-state index in [1.807, 2.05) is 37.4 Å². The summed E-state index contributed by atoms with van der Waals surface area (Å²) in [7, 11) is 0. The summed E-state index contributed by atoms with van der Waals surface area (Å²) in [6.45, 7) is 3.96. The molecule has 0 saturated carbocycles. The molecule has 2 aromatic rings. The van der Waals surface area contributed by atoms with Crippen LogP contribution in [0.15, 0.2) is 29.6 Å². The molecule has 0 aliphatic carbocycles. The van der Waals surface area contributed by atoms with Crippen LogP contribution >= 0.6 is 22.9 Å². The Hall–Kier alpha value is -1.14. The van der Waals surface area contributed by atoms with Gasteiger partial charge in [0.2, 0.25) is 0 Å². The summed E-state index contributed by atoms with van der Waals surface area (Å²) in [6, 6.07) is 7.33. The van der Waals surface area contributed by atoms with E-state index in [1.165, 1.54) is 0 Å². The highest BCUT2D eigenvalue weighted by Crippen LogP contribution is 2.20. The molecule has 0 radical (unpaired) electrons. The number of hydrazine groups is 1. The average molecular weight is 312 g/mol. The van der Waals surface area contributed by atoms with E-state index in [-0.39, 0.29) is 12.1 Å². The van der Waals surface area contributed by atoms with Crippen molar-refractivity contribution < 1.29 is 4.74 Å². The van der Waals surface area contributed by atoms with E-state index < -0.39 is 0 Å². The van der Waals surface area contributed by atoms with E-state index in [0.717, 1.165) is 22.9 Å². The first-order valence-electron chi connectivity index (χ1n) is 6.38. The predicted molar refractivity (Wildman–Crippen MR) is 83.2 cm³/mol. The summed E-state index contributed by atoms with van der Waals surface area (Å²) in [5, 5.41) is 3.74. The van der Waals surface area contributed by atoms with Crippen molar-refractivity contribution in [2.24, 2.45) is 5.84 Å². The minimum atomic E-state index is -0.0947. The van der Waals surface area contributed by atoms with Crippen molar-refractivity contribution in [3.05, 3.63) is 45.4 Å². The van der Waals surface area contributed by atoms with Crippen LogP contribution in [0.4, 0.5) is 0 Å². The van der Waals surface area contributed by atoms with Crippen LogP contribution in [0.2, 0.25) is 5.02 Å². The molecule has 0 fully saturated rings. The van der Waals surface area contributed by atoms with E-state index in [0.29, 0.717) is 5.02 Å². The zero-order valence-corrected chi connectivity index (χ0v) is 13.0. The van der Waals surface area contributed by atoms with E-state index in [4.69, 9.17) is 22.2 Å². The molecule has 108 valence electrons. The maximum absolute atomic E-state index is 5.95. The van der Waals surface area contributed by atoms with Gasteiger partial charge in [-0.1, -0.05) is 17.7 Å². The minimum Gasteiger partial charge on any atom is -0.489 e. The Morgan fingerprint density at radius 2 is 2.30 bits per heavy atom. The van der Waals surface area contributed by atoms with Gasteiger partial charge in [-0.25, -0.2) is 4.98 Å². The first kappa shape index (κ1) is 15.3. The first-order chi connectivity index (χ1) is 9.58. The lowest BCUT2D eigenvalue weighted by atomic mass is 10.1. The number of benzene rings is 1. The van der Waals surface area contributed by atoms with Crippen LogP contribution in [-0.2, 0) is 6.42 Å². The van der Waals surface area contributed by atoms with Crippen LogP contribution in [0.5, 0.6) is 5.75 Å². The van der Waals surface area contributed by atoms with Crippen molar-refractivity contribution in [3.63, 3.8) is 0 Å². The second-order valence-corrected chi connectivity index (χ2v) is 6.02. The summed E-state index contributed by atoms with van der Waals surface area (Å²) >= 11 is 7.58. The predicted octanol–water partition coefficient (Wildman–Crippen LogP) is 2.95. The molecule has 1 heterocycles. The number of aryl methyl sites for hydroxylation is 1. The quantitative estimate of drug-likeness (QED) is 0.636. The number of halogens is 1. The molecule has 0 aliphatic heterocycles. The summed E-state index contributed by atoms with van der Waals surface area (Å²) in [4.78, 5) is 4.45. The molecule has 6 heteroatoms. The normalized spacial score (nSPS) is 14.0. The van der Waals surface area contributed by atoms with Crippen molar-refractivity contribution in [1.29, 1.82) is 0 Å². The highest BCUT2D eigenvalue weighted by atomic mass is 35.5. The van der Waals surface area contributed by atoms with Gasteiger partial charge in [0.05, 0.1) is 11.0 Å². The number of aromatic nitrogens is 1. The maximum atomic E-state index is 5.95. The zero-order valence-electron chi connectivity index (χ0n) is 11.5. The molecule has 1 aromatic carbocycles. The van der Waals surface area contributed by atoms with Gasteiger partial charge in [0, 0.05) is 22.5 Å². The summed E-state index contributed by atoms with van der Waals surface area (Å²) < 4.78 is 5.88. The van der Waals surface area contributed by atoms with Crippen molar-refractivity contribution in [2.45, 2.75) is 32.4 Å². The van der Waals surface area contributed by atoms with E-state index >= 15 is 0 Å². The molecule has 2 atom stereocenters. The molecule has 0 aliphatic rings. The second-order valence-electron chi connectivity index (χ2n) is 4.64. The SMILES string of the molecule is Cc1csc(CC(NN)C(C)Oc2cccc(Cl)c2)n1. The van der Waals surface area contributed by atoms with Gasteiger partial charge in [0.15, 0.2) is 0 Å². The van der Waals surface area contributed by atoms with Gasteiger partial charge in [0.1, 0.15) is 11.9 Å². The Balaban J connectivity index is 1.99. The number of nitrogens with zero attached hydrogens (tertiary/aromatic N) is 1. The van der Waals surface area contributed by atoms with Gasteiger partial charge in [-0.15, -0.1) is 11.3 Å². The average Bonchev–Trinajstić information content (AvgIpc) is 2.81. The van der Waals surface area contributed by atoms with Crippen LogP contribution in [-0.4, -0.2) is 17.1 Å². The second kappa shape index (κ2) is 7.04. The molecular weight excluding hydrogens is 294 g/mol. The molecular formula is C14H18ClN3OS. The number of ether oxygens (including phenoxy) is 1. The highest BCUT2D eigenvalue weighted by Gasteiger charge is 2.19. The summed E-state index contributed by atoms with van der Waals surface area (Å²) in [5.41, 5.74) is 3.83. The lowest BCUT2D eigenvalue weighted by molar-refractivity contribution is 0.169. The van der Waals surface area contributed by atoms with Crippen LogP contribution in [0.1, 0.15) is 17.6 Å². The van der Waals surface area contributed by atoms with Crippen molar-refractivity contribution in [1.82, 2.24) is 10.4 Å². The van der Waals surface area contributed by atoms with Crippen LogP contribution in [0.25, 0.3) is 0 Å². The van der Waals surface area contributed by atoms with Gasteiger partial charge in [0.25, 0.3) is 0 Å². The third-order valence-electron chi connectivity index (χ3n) is 2.96. The number of nitrogens with one attached hydrogen (secondary N) is 1. The van der Waals surface area contributed by atoms with Crippen LogP contribution < -0.4 is 16.0 Å². The van der Waals surface area contributed by atoms with Gasteiger partial charge in [-0.05, 0) is 32.0 Å². The minimum absolute atomic E-state index is 0.0143. The zero-order chi connectivity index (χ0) is 14.5. The van der Waals surface area contributed by atoms with E-state index in [2.05, 4.69) is 10.4 Å². The number of rotatable bonds is 6. The largest absolute Gasteiger partial charge is 0.489 e. The lowest BCUT2D eigenvalue weighted by Crippen LogP contribution is -2.46. The van der Waals surface area contributed by atoms with Crippen molar-refractivity contribution in [2.75, 3.05) is 0 Å². The summed E-state index contributed by atoms with van der Waals surface area (Å²) in [5.74, 6) is 6.37. The molecule has 0 bridgehead atoms. The first-order valence-corrected chi connectivity index (χ1v) is 7.63. The third kappa shape index (κ3) is 4.18. The van der Waals surface area contributed by atoms with E-state index in [9.17, 15) is 0 Å². The lowest BCUT2D eigenvalue weighted by Gasteiger charge is -2.23. The van der Waals surface area contributed by atoms with Gasteiger partial charge < -0.3 is 4.74 Å². The summed E-state index contributed by atoms with van der Waals surface area (Å²) in [6.07, 6.45) is 0.638. The molecule has 2 unspecified atom stereocenters. The Labute approximate surface area is 127 Å². The molecule has 0 saturated heterocycles. The van der Waals surface area contributed by atoms with Crippen LogP contribution in [0.3, 0.4) is 0 Å². The number of hydrogen-bond acceptors (Lipinski definition) is 5. The molecule has 1 aromatic heterocycles. The maximum Gasteiger partial charge on any atom is 0.121 e. The van der Waals surface area contributed by atoms with Gasteiger partial charge in [-0.3, -0.25) is 11.3 Å². The fraction of sp³-hybridized carbons (Fsp3) is 0.357. The molecule has 4 nitrogen and oxygen atoms in total. The molecule has 0 spiro atoms. The number of thiazole rings is 1. The van der Waals surface area contributed by atoms with Crippen molar-refractivity contribution >= 4 is 22.9 Å². The van der Waals surface area contributed by atoms with Crippen LogP contribution in [0, 0.1) is 6.92 Å². The Morgan fingerprint density at radius 3 is 2.90 bits per heavy atom. The Morgan fingerprint density at radius 1 is 1.50 bits per heavy atom. The topological polar surface area (TPSA) is 60.2 Å². The van der Waals surface area contributed by atoms with Gasteiger partial charge >= 0.3 is 0 Å². The Bertz CT molecular complexity index is 561. The fourth-order valence-corrected chi connectivity index (χ4v) is 2.89. The fourth-order valence-electron chi connectivity index (χ4n) is 1.88. The molecule has 3 N–H and O–H groups in total. The Kier molecular flexibility index (Phi) is 5.37. The molecule has 0 amide bonds. The molecule has 2 rings (SSSR count). The van der Waals surface area contributed by atoms with E-state index in [1.54, 1.807) is 17.4 Å². The highest BCUT2D eigenvalue weighted by molar-refractivity contribution is 7.09. The monoisotopic (exact) mass is 311 g/mol. The smallest absolute Gasteiger partial charge is 0.121 e. The number of nitrogens with two attached hydrogens (primary N) is 1. The number of hydrogen-bond donors (Lipinski definition) is 2. The third-order valence-corrected chi connectivity index (χ3v) is 4.18. The standard InChI is InChI=1S/C14H18ClN3OS/c1-9-8-20-14(17-9)7-13(18-16)10(2)19-12-5-3-4-11(15)6-12/h3-6,8,10,13,18H,7,16H2,1-2H3. The van der Waals surface area contributed by atoms with Gasteiger partial charge in [-0.2, -0.15) is 0 Å².